The number of azo groups is 1. The van der Waals surface area contributed by atoms with Gasteiger partial charge in [0.2, 0.25) is 17.0 Å². The minimum absolute atomic E-state index is 0.0179. The zero-order chi connectivity index (χ0) is 21.0. The molecule has 0 spiro atoms. The monoisotopic (exact) mass is 410 g/mol. The van der Waals surface area contributed by atoms with Gasteiger partial charge < -0.3 is 5.11 Å². The molecule has 9 heteroatoms. The Kier molecular flexibility index (Phi) is 6.18. The second-order valence-corrected chi connectivity index (χ2v) is 7.53. The number of anilines is 1. The van der Waals surface area contributed by atoms with Crippen molar-refractivity contribution in [2.45, 2.75) is 24.6 Å². The van der Waals surface area contributed by atoms with E-state index in [0.29, 0.717) is 0 Å². The second-order valence-electron chi connectivity index (χ2n) is 6.34. The molecular weight excluding hydrogens is 392 g/mol. The average Bonchev–Trinajstić information content (AvgIpc) is 2.99. The quantitative estimate of drug-likeness (QED) is 0.335. The van der Waals surface area contributed by atoms with Crippen LogP contribution < -0.4 is 4.90 Å². The van der Waals surface area contributed by atoms with E-state index in [2.05, 4.69) is 10.2 Å². The van der Waals surface area contributed by atoms with Gasteiger partial charge in [-0.1, -0.05) is 48.2 Å². The van der Waals surface area contributed by atoms with Gasteiger partial charge in [0.05, 0.1) is 17.3 Å². The summed E-state index contributed by atoms with van der Waals surface area (Å²) in [5.74, 6) is -2.09. The molecule has 2 aromatic rings. The standard InChI is InChI=1S/C20H18N4O4S/c1-12(13-6-3-2-4-7-13)22-23-20(21)29-16-11-17(25)24(18(16)26)15-9-5-8-14(10-15)19(27)28/h2-10,12,16,21H,11H2,1H3,(H,27,28)/t12-,16-/m0/s1. The molecule has 0 unspecified atom stereocenters. The van der Waals surface area contributed by atoms with Gasteiger partial charge in [-0.3, -0.25) is 15.0 Å². The lowest BCUT2D eigenvalue weighted by Crippen LogP contribution is -2.31. The maximum Gasteiger partial charge on any atom is 0.335 e. The zero-order valence-corrected chi connectivity index (χ0v) is 16.3. The molecule has 3 rings (SSSR count). The highest BCUT2D eigenvalue weighted by molar-refractivity contribution is 8.14. The third-order valence-corrected chi connectivity index (χ3v) is 5.27. The Bertz CT molecular complexity index is 993. The molecule has 1 aliphatic rings. The normalized spacial score (nSPS) is 17.7. The van der Waals surface area contributed by atoms with E-state index in [1.807, 2.05) is 37.3 Å². The van der Waals surface area contributed by atoms with E-state index < -0.39 is 23.0 Å². The van der Waals surface area contributed by atoms with Crippen LogP contribution in [0.5, 0.6) is 0 Å². The lowest BCUT2D eigenvalue weighted by molar-refractivity contribution is -0.121. The number of benzene rings is 2. The molecule has 2 aromatic carbocycles. The summed E-state index contributed by atoms with van der Waals surface area (Å²) in [6.07, 6.45) is -0.0903. The van der Waals surface area contributed by atoms with Crippen molar-refractivity contribution in [1.29, 1.82) is 5.41 Å². The number of carboxylic acid groups (broad SMARTS) is 1. The van der Waals surface area contributed by atoms with Crippen LogP contribution in [0.25, 0.3) is 0 Å². The van der Waals surface area contributed by atoms with Crippen LogP contribution in [0, 0.1) is 5.41 Å². The van der Waals surface area contributed by atoms with Crippen molar-refractivity contribution in [3.8, 4) is 0 Å². The van der Waals surface area contributed by atoms with E-state index in [0.717, 1.165) is 22.2 Å². The summed E-state index contributed by atoms with van der Waals surface area (Å²) in [4.78, 5) is 37.1. The fraction of sp³-hybridized carbons (Fsp3) is 0.200. The first-order valence-electron chi connectivity index (χ1n) is 8.78. The van der Waals surface area contributed by atoms with Crippen LogP contribution in [0.15, 0.2) is 64.8 Å². The predicted octanol–water partition coefficient (Wildman–Crippen LogP) is 3.90. The van der Waals surface area contributed by atoms with Crippen LogP contribution in [0.2, 0.25) is 0 Å². The molecule has 1 fully saturated rings. The van der Waals surface area contributed by atoms with E-state index >= 15 is 0 Å². The van der Waals surface area contributed by atoms with Crippen LogP contribution in [0.3, 0.4) is 0 Å². The Balaban J connectivity index is 1.67. The van der Waals surface area contributed by atoms with Gasteiger partial charge in [0.25, 0.3) is 0 Å². The van der Waals surface area contributed by atoms with E-state index in [-0.39, 0.29) is 28.9 Å². The van der Waals surface area contributed by atoms with Gasteiger partial charge >= 0.3 is 5.97 Å². The summed E-state index contributed by atoms with van der Waals surface area (Å²) < 4.78 is 0. The van der Waals surface area contributed by atoms with E-state index in [9.17, 15) is 14.4 Å². The van der Waals surface area contributed by atoms with Crippen molar-refractivity contribution in [3.63, 3.8) is 0 Å². The number of amides is 2. The molecule has 0 bridgehead atoms. The van der Waals surface area contributed by atoms with Crippen molar-refractivity contribution in [1.82, 2.24) is 0 Å². The van der Waals surface area contributed by atoms with Crippen molar-refractivity contribution < 1.29 is 19.5 Å². The summed E-state index contributed by atoms with van der Waals surface area (Å²) in [6.45, 7) is 1.85. The summed E-state index contributed by atoms with van der Waals surface area (Å²) >= 11 is 0.860. The minimum atomic E-state index is -1.15. The molecule has 148 valence electrons. The molecule has 0 saturated carbocycles. The molecule has 1 aliphatic heterocycles. The Hall–Kier alpha value is -3.33. The van der Waals surface area contributed by atoms with Gasteiger partial charge in [0.1, 0.15) is 5.25 Å². The highest BCUT2D eigenvalue weighted by Gasteiger charge is 2.40. The van der Waals surface area contributed by atoms with Crippen molar-refractivity contribution in [2.24, 2.45) is 10.2 Å². The van der Waals surface area contributed by atoms with Gasteiger partial charge in [-0.2, -0.15) is 5.11 Å². The van der Waals surface area contributed by atoms with Gasteiger partial charge in [-0.15, -0.1) is 5.11 Å². The van der Waals surface area contributed by atoms with Crippen LogP contribution in [0.4, 0.5) is 5.69 Å². The molecular formula is C20H18N4O4S. The smallest absolute Gasteiger partial charge is 0.335 e. The van der Waals surface area contributed by atoms with E-state index in [1.165, 1.54) is 24.3 Å². The summed E-state index contributed by atoms with van der Waals surface area (Å²) in [5.41, 5.74) is 1.13. The van der Waals surface area contributed by atoms with E-state index in [1.54, 1.807) is 0 Å². The molecule has 0 aliphatic carbocycles. The fourth-order valence-corrected chi connectivity index (χ4v) is 3.64. The average molecular weight is 410 g/mol. The minimum Gasteiger partial charge on any atom is -0.478 e. The number of carboxylic acids is 1. The maximum absolute atomic E-state index is 12.7. The highest BCUT2D eigenvalue weighted by atomic mass is 32.2. The topological polar surface area (TPSA) is 123 Å². The van der Waals surface area contributed by atoms with Crippen LogP contribution in [-0.4, -0.2) is 33.3 Å². The number of thioether (sulfide) groups is 1. The molecule has 2 N–H and O–H groups in total. The molecule has 1 saturated heterocycles. The maximum atomic E-state index is 12.7. The Labute approximate surface area is 171 Å². The summed E-state index contributed by atoms with van der Waals surface area (Å²) in [5, 5.41) is 24.1. The Morgan fingerprint density at radius 1 is 1.21 bits per heavy atom. The SMILES string of the molecule is C[C@H](N=NC(=N)S[C@H]1CC(=O)N(c2cccc(C(=O)O)c2)C1=O)c1ccccc1. The largest absolute Gasteiger partial charge is 0.478 e. The Morgan fingerprint density at radius 2 is 1.93 bits per heavy atom. The third kappa shape index (κ3) is 4.75. The van der Waals surface area contributed by atoms with E-state index in [4.69, 9.17) is 10.5 Å². The molecule has 29 heavy (non-hydrogen) atoms. The van der Waals surface area contributed by atoms with Crippen molar-refractivity contribution in [3.05, 3.63) is 65.7 Å². The fourth-order valence-electron chi connectivity index (χ4n) is 2.84. The van der Waals surface area contributed by atoms with Crippen LogP contribution in [0.1, 0.15) is 35.3 Å². The highest BCUT2D eigenvalue weighted by Crippen LogP contribution is 2.31. The van der Waals surface area contributed by atoms with Crippen molar-refractivity contribution in [2.75, 3.05) is 4.90 Å². The first-order valence-corrected chi connectivity index (χ1v) is 9.66. The number of nitrogens with zero attached hydrogens (tertiary/aromatic N) is 3. The molecule has 0 radical (unpaired) electrons. The number of hydrogen-bond acceptors (Lipinski definition) is 6. The first kappa shape index (κ1) is 20.4. The molecule has 8 nitrogen and oxygen atoms in total. The molecule has 2 amide bonds. The predicted molar refractivity (Wildman–Crippen MR) is 109 cm³/mol. The number of amidine groups is 1. The zero-order valence-electron chi connectivity index (χ0n) is 15.5. The first-order chi connectivity index (χ1) is 13.9. The second kappa shape index (κ2) is 8.78. The summed E-state index contributed by atoms with van der Waals surface area (Å²) in [7, 11) is 0. The van der Waals surface area contributed by atoms with Gasteiger partial charge in [-0.05, 0) is 30.7 Å². The van der Waals surface area contributed by atoms with Crippen LogP contribution >= 0.6 is 11.8 Å². The number of carbonyl (C=O) groups excluding carboxylic acids is 2. The number of rotatable bonds is 5. The third-order valence-electron chi connectivity index (χ3n) is 4.31. The van der Waals surface area contributed by atoms with Gasteiger partial charge in [-0.25, -0.2) is 9.69 Å². The number of aromatic carboxylic acids is 1. The molecule has 0 aromatic heterocycles. The van der Waals surface area contributed by atoms with Crippen LogP contribution in [-0.2, 0) is 9.59 Å². The lowest BCUT2D eigenvalue weighted by Gasteiger charge is -2.15. The van der Waals surface area contributed by atoms with Gasteiger partial charge in [0.15, 0.2) is 0 Å². The number of hydrogen-bond donors (Lipinski definition) is 2. The number of nitrogens with one attached hydrogen (secondary N) is 1. The molecule has 2 atom stereocenters. The lowest BCUT2D eigenvalue weighted by atomic mass is 10.1. The number of carbonyl (C=O) groups is 3. The summed E-state index contributed by atoms with van der Waals surface area (Å²) in [6, 6.07) is 14.9. The van der Waals surface area contributed by atoms with Gasteiger partial charge in [0, 0.05) is 6.42 Å². The Morgan fingerprint density at radius 3 is 2.62 bits per heavy atom. The number of imide groups is 1. The van der Waals surface area contributed by atoms with Crippen molar-refractivity contribution >= 4 is 40.4 Å². The molecule has 1 heterocycles.